The second-order valence-electron chi connectivity index (χ2n) is 7.99. The smallest absolute Gasteiger partial charge is 0.242 e. The predicted octanol–water partition coefficient (Wildman–Crippen LogP) is 1.69. The predicted molar refractivity (Wildman–Crippen MR) is 109 cm³/mol. The lowest BCUT2D eigenvalue weighted by atomic mass is 9.63. The standard InChI is InChI=1S/C21H24BrN3O4/c22-16-4-2-15(3-5-16)21(8-1-9-21)20(29)24-12-10-23(11-13-24)19(28)14-25-17(26)6-7-18(25)27/h2-5H,1,6-14H2. The molecule has 0 atom stereocenters. The third-order valence-electron chi connectivity index (χ3n) is 6.38. The Balaban J connectivity index is 1.37. The van der Waals surface area contributed by atoms with Crippen LogP contribution in [0.4, 0.5) is 0 Å². The molecule has 7 nitrogen and oxygen atoms in total. The highest BCUT2D eigenvalue weighted by Crippen LogP contribution is 2.45. The van der Waals surface area contributed by atoms with Gasteiger partial charge in [0.25, 0.3) is 0 Å². The van der Waals surface area contributed by atoms with Crippen molar-refractivity contribution in [3.05, 3.63) is 34.3 Å². The number of halogens is 1. The van der Waals surface area contributed by atoms with E-state index in [-0.39, 0.29) is 43.0 Å². The summed E-state index contributed by atoms with van der Waals surface area (Å²) in [5, 5.41) is 0. The molecule has 0 radical (unpaired) electrons. The number of carbonyl (C=O) groups is 4. The van der Waals surface area contributed by atoms with Crippen LogP contribution in [0.2, 0.25) is 0 Å². The highest BCUT2D eigenvalue weighted by atomic mass is 79.9. The van der Waals surface area contributed by atoms with Gasteiger partial charge in [0, 0.05) is 43.5 Å². The van der Waals surface area contributed by atoms with Crippen molar-refractivity contribution in [3.63, 3.8) is 0 Å². The van der Waals surface area contributed by atoms with Crippen molar-refractivity contribution in [3.8, 4) is 0 Å². The van der Waals surface area contributed by atoms with E-state index in [4.69, 9.17) is 0 Å². The Morgan fingerprint density at radius 1 is 0.897 bits per heavy atom. The lowest BCUT2D eigenvalue weighted by molar-refractivity contribution is -0.149. The summed E-state index contributed by atoms with van der Waals surface area (Å²) < 4.78 is 0.991. The second-order valence-corrected chi connectivity index (χ2v) is 8.90. The molecule has 0 N–H and O–H groups in total. The van der Waals surface area contributed by atoms with Gasteiger partial charge >= 0.3 is 0 Å². The minimum absolute atomic E-state index is 0.142. The van der Waals surface area contributed by atoms with Crippen LogP contribution in [0.5, 0.6) is 0 Å². The summed E-state index contributed by atoms with van der Waals surface area (Å²) in [7, 11) is 0. The van der Waals surface area contributed by atoms with E-state index in [0.717, 1.165) is 34.2 Å². The molecule has 4 rings (SSSR count). The fraction of sp³-hybridized carbons (Fsp3) is 0.524. The number of likely N-dealkylation sites (tertiary alicyclic amines) is 1. The van der Waals surface area contributed by atoms with E-state index in [1.165, 1.54) is 0 Å². The van der Waals surface area contributed by atoms with Crippen LogP contribution in [-0.4, -0.2) is 71.1 Å². The number of amides is 4. The average molecular weight is 462 g/mol. The lowest BCUT2D eigenvalue weighted by Crippen LogP contribution is -2.58. The van der Waals surface area contributed by atoms with Crippen LogP contribution in [0.15, 0.2) is 28.7 Å². The normalized spacial score (nSPS) is 21.3. The van der Waals surface area contributed by atoms with E-state index in [9.17, 15) is 19.2 Å². The van der Waals surface area contributed by atoms with Crippen molar-refractivity contribution in [2.24, 2.45) is 0 Å². The first-order valence-corrected chi connectivity index (χ1v) is 10.9. The second kappa shape index (κ2) is 7.89. The molecule has 3 fully saturated rings. The van der Waals surface area contributed by atoms with Crippen LogP contribution in [0.3, 0.4) is 0 Å². The molecular weight excluding hydrogens is 438 g/mol. The number of hydrogen-bond acceptors (Lipinski definition) is 4. The third kappa shape index (κ3) is 3.70. The first-order chi connectivity index (χ1) is 13.9. The van der Waals surface area contributed by atoms with Crippen molar-refractivity contribution >= 4 is 39.6 Å². The molecule has 0 bridgehead atoms. The molecule has 1 aliphatic carbocycles. The van der Waals surface area contributed by atoms with Gasteiger partial charge < -0.3 is 9.80 Å². The Kier molecular flexibility index (Phi) is 5.46. The van der Waals surface area contributed by atoms with Gasteiger partial charge in [-0.05, 0) is 30.5 Å². The van der Waals surface area contributed by atoms with Gasteiger partial charge in [-0.3, -0.25) is 24.1 Å². The summed E-state index contributed by atoms with van der Waals surface area (Å²) in [5.41, 5.74) is 0.614. The number of imide groups is 1. The Morgan fingerprint density at radius 2 is 1.45 bits per heavy atom. The summed E-state index contributed by atoms with van der Waals surface area (Å²) in [6.45, 7) is 1.62. The molecule has 2 heterocycles. The van der Waals surface area contributed by atoms with Crippen LogP contribution >= 0.6 is 15.9 Å². The SMILES string of the molecule is O=C(CN1C(=O)CCC1=O)N1CCN(C(=O)C2(c3ccc(Br)cc3)CCC2)CC1. The zero-order valence-corrected chi connectivity index (χ0v) is 17.8. The molecule has 2 aliphatic heterocycles. The van der Waals surface area contributed by atoms with Crippen molar-refractivity contribution < 1.29 is 19.2 Å². The fourth-order valence-corrected chi connectivity index (χ4v) is 4.69. The molecule has 0 spiro atoms. The average Bonchev–Trinajstić information content (AvgIpc) is 3.00. The molecule has 3 aliphatic rings. The Labute approximate surface area is 178 Å². The monoisotopic (exact) mass is 461 g/mol. The molecule has 2 saturated heterocycles. The number of rotatable bonds is 4. The summed E-state index contributed by atoms with van der Waals surface area (Å²) >= 11 is 3.45. The van der Waals surface area contributed by atoms with Crippen LogP contribution in [-0.2, 0) is 24.6 Å². The summed E-state index contributed by atoms with van der Waals surface area (Å²) in [6.07, 6.45) is 3.12. The first kappa shape index (κ1) is 20.1. The molecule has 29 heavy (non-hydrogen) atoms. The summed E-state index contributed by atoms with van der Waals surface area (Å²) in [6, 6.07) is 7.98. The van der Waals surface area contributed by atoms with Gasteiger partial charge in [-0.15, -0.1) is 0 Å². The third-order valence-corrected chi connectivity index (χ3v) is 6.91. The van der Waals surface area contributed by atoms with Crippen LogP contribution in [0.1, 0.15) is 37.7 Å². The minimum Gasteiger partial charge on any atom is -0.338 e. The molecule has 8 heteroatoms. The summed E-state index contributed by atoms with van der Waals surface area (Å²) in [5.74, 6) is -0.646. The van der Waals surface area contributed by atoms with Gasteiger partial charge in [0.05, 0.1) is 5.41 Å². The van der Waals surface area contributed by atoms with Crippen LogP contribution in [0, 0.1) is 0 Å². The minimum atomic E-state index is -0.443. The molecule has 1 saturated carbocycles. The maximum atomic E-state index is 13.3. The number of carbonyl (C=O) groups excluding carboxylic acids is 4. The largest absolute Gasteiger partial charge is 0.338 e. The van der Waals surface area contributed by atoms with E-state index in [2.05, 4.69) is 15.9 Å². The van der Waals surface area contributed by atoms with E-state index < -0.39 is 5.41 Å². The van der Waals surface area contributed by atoms with Gasteiger partial charge in [-0.2, -0.15) is 0 Å². The number of benzene rings is 1. The molecule has 1 aromatic rings. The van der Waals surface area contributed by atoms with Crippen molar-refractivity contribution in [1.82, 2.24) is 14.7 Å². The topological polar surface area (TPSA) is 78.0 Å². The number of piperazine rings is 1. The molecule has 4 amide bonds. The maximum absolute atomic E-state index is 13.3. The van der Waals surface area contributed by atoms with Crippen molar-refractivity contribution in [2.45, 2.75) is 37.5 Å². The van der Waals surface area contributed by atoms with Gasteiger partial charge in [-0.25, -0.2) is 0 Å². The Morgan fingerprint density at radius 3 is 1.97 bits per heavy atom. The zero-order valence-electron chi connectivity index (χ0n) is 16.2. The molecule has 0 unspecified atom stereocenters. The van der Waals surface area contributed by atoms with Gasteiger partial charge in [-0.1, -0.05) is 34.5 Å². The molecule has 154 valence electrons. The molecular formula is C21H24BrN3O4. The highest BCUT2D eigenvalue weighted by molar-refractivity contribution is 9.10. The summed E-state index contributed by atoms with van der Waals surface area (Å²) in [4.78, 5) is 53.9. The number of hydrogen-bond donors (Lipinski definition) is 0. The number of nitrogens with zero attached hydrogens (tertiary/aromatic N) is 3. The van der Waals surface area contributed by atoms with E-state index in [0.29, 0.717) is 26.2 Å². The fourth-order valence-electron chi connectivity index (χ4n) is 4.42. The van der Waals surface area contributed by atoms with Crippen LogP contribution < -0.4 is 0 Å². The first-order valence-electron chi connectivity index (χ1n) is 10.1. The lowest BCUT2D eigenvalue weighted by Gasteiger charge is -2.46. The molecule has 0 aromatic heterocycles. The zero-order chi connectivity index (χ0) is 20.6. The van der Waals surface area contributed by atoms with E-state index in [1.807, 2.05) is 29.2 Å². The molecule has 1 aromatic carbocycles. The maximum Gasteiger partial charge on any atom is 0.242 e. The Hall–Kier alpha value is -2.22. The van der Waals surface area contributed by atoms with Crippen molar-refractivity contribution in [1.29, 1.82) is 0 Å². The van der Waals surface area contributed by atoms with E-state index in [1.54, 1.807) is 4.90 Å². The van der Waals surface area contributed by atoms with Crippen molar-refractivity contribution in [2.75, 3.05) is 32.7 Å². The van der Waals surface area contributed by atoms with Gasteiger partial charge in [0.15, 0.2) is 0 Å². The Bertz CT molecular complexity index is 826. The highest BCUT2D eigenvalue weighted by Gasteiger charge is 2.48. The van der Waals surface area contributed by atoms with E-state index >= 15 is 0 Å². The van der Waals surface area contributed by atoms with Crippen LogP contribution in [0.25, 0.3) is 0 Å². The quantitative estimate of drug-likeness (QED) is 0.639. The van der Waals surface area contributed by atoms with Gasteiger partial charge in [0.2, 0.25) is 23.6 Å². The van der Waals surface area contributed by atoms with Gasteiger partial charge in [0.1, 0.15) is 6.54 Å².